The maximum atomic E-state index is 10.2. The zero-order valence-electron chi connectivity index (χ0n) is 11.1. The summed E-state index contributed by atoms with van der Waals surface area (Å²) in [6.07, 6.45) is 1.29. The minimum Gasteiger partial charge on any atom is -0.493 e. The predicted octanol–water partition coefficient (Wildman–Crippen LogP) is 3.17. The van der Waals surface area contributed by atoms with Gasteiger partial charge in [-0.2, -0.15) is 0 Å². The van der Waals surface area contributed by atoms with Gasteiger partial charge in [0.25, 0.3) is 0 Å². The van der Waals surface area contributed by atoms with Crippen LogP contribution in [0.25, 0.3) is 0 Å². The second kappa shape index (κ2) is 6.50. The number of ether oxygens (including phenoxy) is 2. The van der Waals surface area contributed by atoms with Crippen LogP contribution in [-0.4, -0.2) is 19.3 Å². The highest BCUT2D eigenvalue weighted by Gasteiger charge is 2.18. The summed E-state index contributed by atoms with van der Waals surface area (Å²) < 4.78 is 10.5. The first-order chi connectivity index (χ1) is 8.13. The molecule has 96 valence electrons. The van der Waals surface area contributed by atoms with E-state index in [1.165, 1.54) is 0 Å². The summed E-state index contributed by atoms with van der Waals surface area (Å²) in [4.78, 5) is 0. The molecule has 3 nitrogen and oxygen atoms in total. The lowest BCUT2D eigenvalue weighted by atomic mass is 9.96. The van der Waals surface area contributed by atoms with Crippen molar-refractivity contribution >= 4 is 0 Å². The van der Waals surface area contributed by atoms with Gasteiger partial charge in [0.05, 0.1) is 20.3 Å². The fraction of sp³-hybridized carbons (Fsp3) is 0.571. The third-order valence-corrected chi connectivity index (χ3v) is 3.11. The van der Waals surface area contributed by atoms with E-state index in [2.05, 4.69) is 13.8 Å². The lowest BCUT2D eigenvalue weighted by Gasteiger charge is -2.19. The monoisotopic (exact) mass is 238 g/mol. The van der Waals surface area contributed by atoms with Crippen LogP contribution in [0.3, 0.4) is 0 Å². The number of aliphatic hydroxyl groups excluding tert-OH is 1. The number of aliphatic hydroxyl groups is 1. The van der Waals surface area contributed by atoms with Crippen LogP contribution in [0, 0.1) is 5.92 Å². The summed E-state index contributed by atoms with van der Waals surface area (Å²) in [7, 11) is 3.19. The van der Waals surface area contributed by atoms with Gasteiger partial charge < -0.3 is 14.6 Å². The normalized spacial score (nSPS) is 14.2. The lowest BCUT2D eigenvalue weighted by Crippen LogP contribution is -2.06. The van der Waals surface area contributed by atoms with Crippen molar-refractivity contribution in [3.8, 4) is 11.5 Å². The van der Waals surface area contributed by atoms with Gasteiger partial charge in [-0.1, -0.05) is 32.4 Å². The van der Waals surface area contributed by atoms with Crippen LogP contribution in [0.2, 0.25) is 0 Å². The van der Waals surface area contributed by atoms with E-state index in [9.17, 15) is 5.11 Å². The maximum Gasteiger partial charge on any atom is 0.166 e. The molecule has 0 saturated heterocycles. The molecule has 1 aromatic rings. The standard InChI is InChI=1S/C14H22O3/c1-5-10(2)9-12(15)11-7-6-8-13(16-3)14(11)17-4/h6-8,10,12,15H,5,9H2,1-4H3. The molecule has 17 heavy (non-hydrogen) atoms. The Balaban J connectivity index is 2.96. The SMILES string of the molecule is CCC(C)CC(O)c1cccc(OC)c1OC. The highest BCUT2D eigenvalue weighted by atomic mass is 16.5. The molecule has 0 spiro atoms. The average Bonchev–Trinajstić information content (AvgIpc) is 2.37. The molecule has 0 fully saturated rings. The Morgan fingerprint density at radius 3 is 2.47 bits per heavy atom. The largest absolute Gasteiger partial charge is 0.493 e. The van der Waals surface area contributed by atoms with Crippen molar-refractivity contribution in [3.63, 3.8) is 0 Å². The smallest absolute Gasteiger partial charge is 0.166 e. The van der Waals surface area contributed by atoms with E-state index in [-0.39, 0.29) is 0 Å². The zero-order chi connectivity index (χ0) is 12.8. The topological polar surface area (TPSA) is 38.7 Å². The summed E-state index contributed by atoms with van der Waals surface area (Å²) in [5.41, 5.74) is 0.798. The average molecular weight is 238 g/mol. The Kier molecular flexibility index (Phi) is 5.29. The first-order valence-corrected chi connectivity index (χ1v) is 6.02. The molecule has 2 unspecified atom stereocenters. The van der Waals surface area contributed by atoms with Crippen LogP contribution < -0.4 is 9.47 Å². The van der Waals surface area contributed by atoms with Crippen molar-refractivity contribution in [3.05, 3.63) is 23.8 Å². The van der Waals surface area contributed by atoms with E-state index in [1.54, 1.807) is 14.2 Å². The molecule has 0 aliphatic carbocycles. The Bertz CT molecular complexity index is 349. The molecule has 3 heteroatoms. The summed E-state index contributed by atoms with van der Waals surface area (Å²) in [6, 6.07) is 5.59. The molecule has 0 bridgehead atoms. The van der Waals surface area contributed by atoms with Crippen molar-refractivity contribution < 1.29 is 14.6 Å². The van der Waals surface area contributed by atoms with Crippen LogP contribution in [-0.2, 0) is 0 Å². The van der Waals surface area contributed by atoms with E-state index in [0.717, 1.165) is 18.4 Å². The molecule has 1 aromatic carbocycles. The van der Waals surface area contributed by atoms with Gasteiger partial charge in [-0.05, 0) is 18.4 Å². The molecule has 0 amide bonds. The number of para-hydroxylation sites is 1. The first kappa shape index (κ1) is 13.8. The molecule has 1 N–H and O–H groups in total. The van der Waals surface area contributed by atoms with E-state index in [4.69, 9.17) is 9.47 Å². The van der Waals surface area contributed by atoms with Crippen molar-refractivity contribution in [1.29, 1.82) is 0 Å². The van der Waals surface area contributed by atoms with Gasteiger partial charge in [-0.3, -0.25) is 0 Å². The van der Waals surface area contributed by atoms with Gasteiger partial charge in [0.2, 0.25) is 0 Å². The van der Waals surface area contributed by atoms with Crippen LogP contribution in [0.4, 0.5) is 0 Å². The number of rotatable bonds is 6. The van der Waals surface area contributed by atoms with Gasteiger partial charge in [0.15, 0.2) is 11.5 Å². The molecular weight excluding hydrogens is 216 g/mol. The summed E-state index contributed by atoms with van der Waals surface area (Å²) >= 11 is 0. The molecule has 1 rings (SSSR count). The van der Waals surface area contributed by atoms with Crippen LogP contribution in [0.15, 0.2) is 18.2 Å². The van der Waals surface area contributed by atoms with E-state index in [0.29, 0.717) is 17.4 Å². The highest BCUT2D eigenvalue weighted by Crippen LogP contribution is 2.36. The molecule has 0 saturated carbocycles. The minimum atomic E-state index is -0.505. The third kappa shape index (κ3) is 3.37. The molecule has 0 aliphatic rings. The first-order valence-electron chi connectivity index (χ1n) is 6.02. The van der Waals surface area contributed by atoms with Gasteiger partial charge in [0.1, 0.15) is 0 Å². The Morgan fingerprint density at radius 2 is 1.94 bits per heavy atom. The second-order valence-electron chi connectivity index (χ2n) is 4.35. The summed E-state index contributed by atoms with van der Waals surface area (Å²) in [6.45, 7) is 4.26. The van der Waals surface area contributed by atoms with Crippen molar-refractivity contribution in [2.45, 2.75) is 32.8 Å². The van der Waals surface area contributed by atoms with Gasteiger partial charge >= 0.3 is 0 Å². The Hall–Kier alpha value is -1.22. The lowest BCUT2D eigenvalue weighted by molar-refractivity contribution is 0.142. The van der Waals surface area contributed by atoms with Gasteiger partial charge in [-0.25, -0.2) is 0 Å². The molecule has 0 aromatic heterocycles. The third-order valence-electron chi connectivity index (χ3n) is 3.11. The van der Waals surface area contributed by atoms with Gasteiger partial charge in [-0.15, -0.1) is 0 Å². The van der Waals surface area contributed by atoms with Crippen LogP contribution in [0.5, 0.6) is 11.5 Å². The van der Waals surface area contributed by atoms with Crippen LogP contribution in [0.1, 0.15) is 38.4 Å². The molecule has 0 radical (unpaired) electrons. The Morgan fingerprint density at radius 1 is 1.24 bits per heavy atom. The highest BCUT2D eigenvalue weighted by molar-refractivity contribution is 5.47. The second-order valence-corrected chi connectivity index (χ2v) is 4.35. The summed E-state index contributed by atoms with van der Waals surface area (Å²) in [5, 5.41) is 10.2. The van der Waals surface area contributed by atoms with Crippen molar-refractivity contribution in [1.82, 2.24) is 0 Å². The minimum absolute atomic E-state index is 0.487. The summed E-state index contributed by atoms with van der Waals surface area (Å²) in [5.74, 6) is 1.78. The molecule has 2 atom stereocenters. The quantitative estimate of drug-likeness (QED) is 0.827. The number of methoxy groups -OCH3 is 2. The zero-order valence-corrected chi connectivity index (χ0v) is 11.1. The fourth-order valence-electron chi connectivity index (χ4n) is 1.85. The van der Waals surface area contributed by atoms with E-state index < -0.39 is 6.10 Å². The predicted molar refractivity (Wildman–Crippen MR) is 68.6 cm³/mol. The van der Waals surface area contributed by atoms with E-state index in [1.807, 2.05) is 18.2 Å². The molecule has 0 aliphatic heterocycles. The number of hydrogen-bond acceptors (Lipinski definition) is 3. The molecular formula is C14H22O3. The Labute approximate surface area is 103 Å². The van der Waals surface area contributed by atoms with Crippen LogP contribution >= 0.6 is 0 Å². The van der Waals surface area contributed by atoms with Crippen molar-refractivity contribution in [2.75, 3.05) is 14.2 Å². The molecule has 0 heterocycles. The van der Waals surface area contributed by atoms with Crippen molar-refractivity contribution in [2.24, 2.45) is 5.92 Å². The fourth-order valence-corrected chi connectivity index (χ4v) is 1.85. The van der Waals surface area contributed by atoms with E-state index >= 15 is 0 Å². The maximum absolute atomic E-state index is 10.2. The number of hydrogen-bond donors (Lipinski definition) is 1. The van der Waals surface area contributed by atoms with Gasteiger partial charge in [0, 0.05) is 5.56 Å². The number of benzene rings is 1.